The SMILES string of the molecule is CCCN1CCN(CCN)C1=O. The second-order valence-corrected chi connectivity index (χ2v) is 3.05. The zero-order valence-corrected chi connectivity index (χ0v) is 7.62. The topological polar surface area (TPSA) is 49.6 Å². The van der Waals surface area contributed by atoms with Gasteiger partial charge >= 0.3 is 6.03 Å². The van der Waals surface area contributed by atoms with Crippen LogP contribution in [0, 0.1) is 0 Å². The lowest BCUT2D eigenvalue weighted by molar-refractivity contribution is 0.193. The zero-order chi connectivity index (χ0) is 8.97. The summed E-state index contributed by atoms with van der Waals surface area (Å²) in [7, 11) is 0. The number of carbonyl (C=O) groups is 1. The van der Waals surface area contributed by atoms with E-state index in [1.807, 2.05) is 9.80 Å². The Balaban J connectivity index is 2.38. The van der Waals surface area contributed by atoms with Crippen molar-refractivity contribution < 1.29 is 4.79 Å². The van der Waals surface area contributed by atoms with Crippen LogP contribution in [-0.2, 0) is 0 Å². The van der Waals surface area contributed by atoms with Gasteiger partial charge in [0, 0.05) is 32.7 Å². The predicted molar refractivity (Wildman–Crippen MR) is 47.9 cm³/mol. The van der Waals surface area contributed by atoms with Gasteiger partial charge in [0.2, 0.25) is 0 Å². The summed E-state index contributed by atoms with van der Waals surface area (Å²) in [6.45, 7) is 5.92. The first-order valence-electron chi connectivity index (χ1n) is 4.53. The Morgan fingerprint density at radius 1 is 1.33 bits per heavy atom. The third kappa shape index (κ3) is 1.88. The van der Waals surface area contributed by atoms with Crippen LogP contribution in [0.3, 0.4) is 0 Å². The Kier molecular flexibility index (Phi) is 3.34. The molecule has 2 amide bonds. The van der Waals surface area contributed by atoms with Crippen molar-refractivity contribution >= 4 is 6.03 Å². The Hall–Kier alpha value is -0.770. The van der Waals surface area contributed by atoms with Gasteiger partial charge in [0.15, 0.2) is 0 Å². The van der Waals surface area contributed by atoms with Crippen LogP contribution < -0.4 is 5.73 Å². The molecule has 1 rings (SSSR count). The maximum absolute atomic E-state index is 11.5. The quantitative estimate of drug-likeness (QED) is 0.652. The highest BCUT2D eigenvalue weighted by Crippen LogP contribution is 2.07. The van der Waals surface area contributed by atoms with E-state index in [4.69, 9.17) is 5.73 Å². The molecule has 1 aliphatic rings. The van der Waals surface area contributed by atoms with Gasteiger partial charge in [0.25, 0.3) is 0 Å². The molecule has 1 heterocycles. The molecule has 0 spiro atoms. The lowest BCUT2D eigenvalue weighted by Crippen LogP contribution is -2.35. The summed E-state index contributed by atoms with van der Waals surface area (Å²) in [4.78, 5) is 15.2. The van der Waals surface area contributed by atoms with Crippen molar-refractivity contribution in [2.45, 2.75) is 13.3 Å². The van der Waals surface area contributed by atoms with Crippen molar-refractivity contribution in [3.05, 3.63) is 0 Å². The Morgan fingerprint density at radius 2 is 1.92 bits per heavy atom. The van der Waals surface area contributed by atoms with E-state index in [1.54, 1.807) is 0 Å². The summed E-state index contributed by atoms with van der Waals surface area (Å²) < 4.78 is 0. The highest BCUT2D eigenvalue weighted by Gasteiger charge is 2.26. The average molecular weight is 171 g/mol. The molecule has 0 aliphatic carbocycles. The molecule has 70 valence electrons. The fourth-order valence-corrected chi connectivity index (χ4v) is 1.47. The molecular formula is C8H17N3O. The van der Waals surface area contributed by atoms with Gasteiger partial charge in [-0.1, -0.05) is 6.92 Å². The van der Waals surface area contributed by atoms with Crippen LogP contribution >= 0.6 is 0 Å². The van der Waals surface area contributed by atoms with E-state index >= 15 is 0 Å². The fraction of sp³-hybridized carbons (Fsp3) is 0.875. The molecular weight excluding hydrogens is 154 g/mol. The summed E-state index contributed by atoms with van der Waals surface area (Å²) in [6, 6.07) is 0.155. The van der Waals surface area contributed by atoms with Crippen molar-refractivity contribution in [1.82, 2.24) is 9.80 Å². The predicted octanol–water partition coefficient (Wildman–Crippen LogP) is 0.0927. The van der Waals surface area contributed by atoms with E-state index in [0.29, 0.717) is 13.1 Å². The third-order valence-electron chi connectivity index (χ3n) is 2.07. The van der Waals surface area contributed by atoms with Crippen LogP contribution in [0.1, 0.15) is 13.3 Å². The third-order valence-corrected chi connectivity index (χ3v) is 2.07. The van der Waals surface area contributed by atoms with E-state index in [2.05, 4.69) is 6.92 Å². The monoisotopic (exact) mass is 171 g/mol. The van der Waals surface area contributed by atoms with E-state index in [1.165, 1.54) is 0 Å². The molecule has 4 heteroatoms. The molecule has 0 radical (unpaired) electrons. The fourth-order valence-electron chi connectivity index (χ4n) is 1.47. The van der Waals surface area contributed by atoms with E-state index < -0.39 is 0 Å². The maximum Gasteiger partial charge on any atom is 0.320 e. The van der Waals surface area contributed by atoms with Crippen LogP contribution in [0.25, 0.3) is 0 Å². The number of hydrogen-bond donors (Lipinski definition) is 1. The first-order valence-corrected chi connectivity index (χ1v) is 4.53. The number of hydrogen-bond acceptors (Lipinski definition) is 2. The molecule has 0 aromatic carbocycles. The van der Waals surface area contributed by atoms with Crippen LogP contribution in [-0.4, -0.2) is 48.6 Å². The molecule has 4 nitrogen and oxygen atoms in total. The minimum Gasteiger partial charge on any atom is -0.329 e. The van der Waals surface area contributed by atoms with Gasteiger partial charge in [-0.15, -0.1) is 0 Å². The number of nitrogens with zero attached hydrogens (tertiary/aromatic N) is 2. The number of amides is 2. The van der Waals surface area contributed by atoms with Gasteiger partial charge in [-0.05, 0) is 6.42 Å². The first kappa shape index (κ1) is 9.32. The van der Waals surface area contributed by atoms with Gasteiger partial charge in [-0.2, -0.15) is 0 Å². The molecule has 2 N–H and O–H groups in total. The molecule has 0 aromatic heterocycles. The smallest absolute Gasteiger partial charge is 0.320 e. The van der Waals surface area contributed by atoms with E-state index in [0.717, 1.165) is 26.1 Å². The molecule has 0 atom stereocenters. The minimum atomic E-state index is 0.155. The highest BCUT2D eigenvalue weighted by molar-refractivity contribution is 5.76. The lowest BCUT2D eigenvalue weighted by atomic mass is 10.4. The summed E-state index contributed by atoms with van der Waals surface area (Å²) in [5, 5.41) is 0. The van der Waals surface area contributed by atoms with Gasteiger partial charge in [-0.3, -0.25) is 0 Å². The maximum atomic E-state index is 11.5. The van der Waals surface area contributed by atoms with Crippen LogP contribution in [0.2, 0.25) is 0 Å². The zero-order valence-electron chi connectivity index (χ0n) is 7.62. The van der Waals surface area contributed by atoms with Crippen molar-refractivity contribution in [2.75, 3.05) is 32.7 Å². The van der Waals surface area contributed by atoms with Crippen molar-refractivity contribution in [1.29, 1.82) is 0 Å². The molecule has 1 aliphatic heterocycles. The van der Waals surface area contributed by atoms with Crippen LogP contribution in [0.5, 0.6) is 0 Å². The second kappa shape index (κ2) is 4.30. The van der Waals surface area contributed by atoms with Gasteiger partial charge in [0.05, 0.1) is 0 Å². The standard InChI is InChI=1S/C8H17N3O/c1-2-4-10-6-7-11(5-3-9)8(10)12/h2-7,9H2,1H3. The summed E-state index contributed by atoms with van der Waals surface area (Å²) in [6.07, 6.45) is 1.03. The molecule has 12 heavy (non-hydrogen) atoms. The van der Waals surface area contributed by atoms with Gasteiger partial charge < -0.3 is 15.5 Å². The number of carbonyl (C=O) groups excluding carboxylic acids is 1. The average Bonchev–Trinajstić information content (AvgIpc) is 2.38. The highest BCUT2D eigenvalue weighted by atomic mass is 16.2. The molecule has 1 fully saturated rings. The van der Waals surface area contributed by atoms with Crippen LogP contribution in [0.4, 0.5) is 4.79 Å². The molecule has 0 saturated carbocycles. The van der Waals surface area contributed by atoms with Gasteiger partial charge in [0.1, 0.15) is 0 Å². The van der Waals surface area contributed by atoms with E-state index in [9.17, 15) is 4.79 Å². The summed E-state index contributed by atoms with van der Waals surface area (Å²) in [5.41, 5.74) is 5.38. The largest absolute Gasteiger partial charge is 0.329 e. The molecule has 0 aromatic rings. The van der Waals surface area contributed by atoms with Crippen molar-refractivity contribution in [2.24, 2.45) is 5.73 Å². The van der Waals surface area contributed by atoms with E-state index in [-0.39, 0.29) is 6.03 Å². The molecule has 1 saturated heterocycles. The number of nitrogens with two attached hydrogens (primary N) is 1. The molecule has 0 unspecified atom stereocenters. The summed E-state index contributed by atoms with van der Waals surface area (Å²) in [5.74, 6) is 0. The number of rotatable bonds is 4. The van der Waals surface area contributed by atoms with Crippen LogP contribution in [0.15, 0.2) is 0 Å². The molecule has 0 bridgehead atoms. The summed E-state index contributed by atoms with van der Waals surface area (Å²) >= 11 is 0. The Labute approximate surface area is 73.3 Å². The van der Waals surface area contributed by atoms with Crippen molar-refractivity contribution in [3.8, 4) is 0 Å². The minimum absolute atomic E-state index is 0.155. The second-order valence-electron chi connectivity index (χ2n) is 3.05. The Bertz CT molecular complexity index is 144. The normalized spacial score (nSPS) is 17.7. The Morgan fingerprint density at radius 3 is 2.42 bits per heavy atom. The first-order chi connectivity index (χ1) is 5.79. The number of urea groups is 1. The van der Waals surface area contributed by atoms with Crippen molar-refractivity contribution in [3.63, 3.8) is 0 Å². The lowest BCUT2D eigenvalue weighted by Gasteiger charge is -2.16. The van der Waals surface area contributed by atoms with Gasteiger partial charge in [-0.25, -0.2) is 4.79 Å².